The zero-order valence-corrected chi connectivity index (χ0v) is 19.6. The van der Waals surface area contributed by atoms with Crippen LogP contribution < -0.4 is 4.90 Å². The number of Topliss-reactive ketones (excluding diaryl/α,β-unsaturated/α-hetero) is 1. The Kier molecular flexibility index (Phi) is 5.81. The first-order valence-corrected chi connectivity index (χ1v) is 11.7. The summed E-state index contributed by atoms with van der Waals surface area (Å²) in [5.74, 6) is -0.650. The van der Waals surface area contributed by atoms with E-state index in [2.05, 4.69) is 12.1 Å². The summed E-state index contributed by atoms with van der Waals surface area (Å²) >= 11 is 12.8. The zero-order chi connectivity index (χ0) is 23.1. The monoisotopic (exact) mass is 476 g/mol. The minimum Gasteiger partial charge on any atom is -0.302 e. The van der Waals surface area contributed by atoms with Gasteiger partial charge in [0.1, 0.15) is 5.78 Å². The van der Waals surface area contributed by atoms with Crippen molar-refractivity contribution in [3.8, 4) is 0 Å². The SMILES string of the molecule is CC(=O)N1c2ccccc2N=C2CC(c3ccccc3)CC(=O)C2C1c1ccc(Cl)cc1Cl. The van der Waals surface area contributed by atoms with Crippen LogP contribution in [-0.4, -0.2) is 17.4 Å². The van der Waals surface area contributed by atoms with E-state index in [1.54, 1.807) is 17.0 Å². The van der Waals surface area contributed by atoms with E-state index in [0.29, 0.717) is 39.8 Å². The Morgan fingerprint density at radius 3 is 2.42 bits per heavy atom. The maximum absolute atomic E-state index is 13.8. The molecule has 0 radical (unpaired) electrons. The third-order valence-electron chi connectivity index (χ3n) is 6.50. The Labute approximate surface area is 202 Å². The Balaban J connectivity index is 1.71. The van der Waals surface area contributed by atoms with E-state index in [-0.39, 0.29) is 17.6 Å². The molecule has 33 heavy (non-hydrogen) atoms. The van der Waals surface area contributed by atoms with Crippen LogP contribution in [0.3, 0.4) is 0 Å². The Hall–Kier alpha value is -2.95. The van der Waals surface area contributed by atoms with Gasteiger partial charge in [0, 0.05) is 29.1 Å². The molecule has 5 rings (SSSR count). The molecule has 2 aliphatic rings. The summed E-state index contributed by atoms with van der Waals surface area (Å²) in [4.78, 5) is 33.4. The van der Waals surface area contributed by atoms with Crippen molar-refractivity contribution in [1.82, 2.24) is 0 Å². The van der Waals surface area contributed by atoms with Gasteiger partial charge in [0.2, 0.25) is 5.91 Å². The Morgan fingerprint density at radius 2 is 1.70 bits per heavy atom. The molecule has 0 bridgehead atoms. The van der Waals surface area contributed by atoms with Crippen molar-refractivity contribution < 1.29 is 9.59 Å². The van der Waals surface area contributed by atoms with Crippen LogP contribution in [0, 0.1) is 5.92 Å². The number of fused-ring (bicyclic) bond motifs is 2. The number of hydrogen-bond acceptors (Lipinski definition) is 3. The number of benzene rings is 3. The number of anilines is 1. The van der Waals surface area contributed by atoms with E-state index in [1.165, 1.54) is 6.92 Å². The second-order valence-electron chi connectivity index (χ2n) is 8.55. The average Bonchev–Trinajstić information content (AvgIpc) is 2.94. The second kappa shape index (κ2) is 8.77. The van der Waals surface area contributed by atoms with E-state index in [0.717, 1.165) is 11.3 Å². The summed E-state index contributed by atoms with van der Waals surface area (Å²) in [6.45, 7) is 1.51. The lowest BCUT2D eigenvalue weighted by molar-refractivity contribution is -0.123. The predicted molar refractivity (Wildman–Crippen MR) is 133 cm³/mol. The summed E-state index contributed by atoms with van der Waals surface area (Å²) in [6, 6.07) is 22.2. The van der Waals surface area contributed by atoms with E-state index < -0.39 is 12.0 Å². The summed E-state index contributed by atoms with van der Waals surface area (Å²) in [5.41, 5.74) is 3.95. The molecule has 1 saturated carbocycles. The molecule has 0 aromatic heterocycles. The van der Waals surface area contributed by atoms with Crippen LogP contribution in [-0.2, 0) is 9.59 Å². The van der Waals surface area contributed by atoms with Crippen molar-refractivity contribution in [2.75, 3.05) is 4.90 Å². The highest BCUT2D eigenvalue weighted by Gasteiger charge is 2.46. The van der Waals surface area contributed by atoms with Gasteiger partial charge in [0.25, 0.3) is 0 Å². The van der Waals surface area contributed by atoms with Crippen LogP contribution in [0.2, 0.25) is 10.0 Å². The molecule has 3 aromatic rings. The van der Waals surface area contributed by atoms with E-state index >= 15 is 0 Å². The van der Waals surface area contributed by atoms with Crippen molar-refractivity contribution in [3.63, 3.8) is 0 Å². The molecule has 1 heterocycles. The highest BCUT2D eigenvalue weighted by atomic mass is 35.5. The summed E-state index contributed by atoms with van der Waals surface area (Å²) < 4.78 is 0. The third-order valence-corrected chi connectivity index (χ3v) is 7.06. The number of ketones is 1. The fourth-order valence-electron chi connectivity index (χ4n) is 5.08. The van der Waals surface area contributed by atoms with E-state index in [1.807, 2.05) is 48.5 Å². The van der Waals surface area contributed by atoms with Gasteiger partial charge in [-0.05, 0) is 47.7 Å². The van der Waals surface area contributed by atoms with Crippen LogP contribution in [0.1, 0.15) is 42.9 Å². The summed E-state index contributed by atoms with van der Waals surface area (Å²) in [5, 5.41) is 0.926. The molecule has 1 aliphatic heterocycles. The molecule has 0 N–H and O–H groups in total. The van der Waals surface area contributed by atoms with Gasteiger partial charge in [0.15, 0.2) is 0 Å². The highest BCUT2D eigenvalue weighted by Crippen LogP contribution is 2.48. The van der Waals surface area contributed by atoms with Crippen LogP contribution >= 0.6 is 23.2 Å². The lowest BCUT2D eigenvalue weighted by Gasteiger charge is -2.38. The first-order valence-electron chi connectivity index (χ1n) is 10.9. The van der Waals surface area contributed by atoms with E-state index in [4.69, 9.17) is 28.2 Å². The number of halogens is 2. The Bertz CT molecular complexity index is 1270. The number of rotatable bonds is 2. The van der Waals surface area contributed by atoms with Crippen molar-refractivity contribution in [2.24, 2.45) is 10.9 Å². The molecule has 3 aromatic carbocycles. The second-order valence-corrected chi connectivity index (χ2v) is 9.40. The van der Waals surface area contributed by atoms with E-state index in [9.17, 15) is 9.59 Å². The molecule has 3 unspecified atom stereocenters. The van der Waals surface area contributed by atoms with Crippen LogP contribution in [0.25, 0.3) is 0 Å². The van der Waals surface area contributed by atoms with Gasteiger partial charge in [-0.2, -0.15) is 0 Å². The van der Waals surface area contributed by atoms with Crippen molar-refractivity contribution in [3.05, 3.63) is 94.0 Å². The molecular weight excluding hydrogens is 455 g/mol. The molecule has 4 nitrogen and oxygen atoms in total. The van der Waals surface area contributed by atoms with Crippen molar-refractivity contribution in [2.45, 2.75) is 31.7 Å². The van der Waals surface area contributed by atoms with Gasteiger partial charge in [-0.3, -0.25) is 14.6 Å². The molecule has 1 aliphatic carbocycles. The number of para-hydroxylation sites is 2. The average molecular weight is 477 g/mol. The quantitative estimate of drug-likeness (QED) is 0.402. The molecule has 6 heteroatoms. The molecule has 0 saturated heterocycles. The summed E-state index contributed by atoms with van der Waals surface area (Å²) in [6.07, 6.45) is 1.03. The smallest absolute Gasteiger partial charge is 0.224 e. The highest BCUT2D eigenvalue weighted by molar-refractivity contribution is 6.35. The fourth-order valence-corrected chi connectivity index (χ4v) is 5.60. The number of hydrogen-bond donors (Lipinski definition) is 0. The normalized spacial score (nSPS) is 22.2. The van der Waals surface area contributed by atoms with Gasteiger partial charge in [0.05, 0.1) is 23.3 Å². The minimum absolute atomic E-state index is 0.0473. The zero-order valence-electron chi connectivity index (χ0n) is 18.0. The van der Waals surface area contributed by atoms with Gasteiger partial charge < -0.3 is 4.90 Å². The van der Waals surface area contributed by atoms with Crippen LogP contribution in [0.5, 0.6) is 0 Å². The maximum Gasteiger partial charge on any atom is 0.224 e. The lowest BCUT2D eigenvalue weighted by Crippen LogP contribution is -2.45. The van der Waals surface area contributed by atoms with Crippen molar-refractivity contribution in [1.29, 1.82) is 0 Å². The lowest BCUT2D eigenvalue weighted by atomic mass is 9.72. The fraction of sp³-hybridized carbons (Fsp3) is 0.222. The first kappa shape index (κ1) is 21.9. The number of amides is 1. The van der Waals surface area contributed by atoms with Gasteiger partial charge in [-0.1, -0.05) is 71.7 Å². The number of nitrogens with zero attached hydrogens (tertiary/aromatic N) is 2. The largest absolute Gasteiger partial charge is 0.302 e. The number of aliphatic imine (C=N–C) groups is 1. The molecule has 1 fully saturated rings. The van der Waals surface area contributed by atoms with Crippen molar-refractivity contribution >= 4 is 52.0 Å². The standard InChI is InChI=1S/C27H22Cl2N2O2/c1-16(32)31-24-10-6-5-9-22(24)30-23-13-18(17-7-3-2-4-8-17)14-25(33)26(23)27(31)20-12-11-19(28)15-21(20)29/h2-12,15,18,26-27H,13-14H2,1H3. The molecule has 0 spiro atoms. The third kappa shape index (κ3) is 3.98. The minimum atomic E-state index is -0.598. The summed E-state index contributed by atoms with van der Waals surface area (Å²) in [7, 11) is 0. The first-order chi connectivity index (χ1) is 15.9. The molecule has 1 amide bonds. The van der Waals surface area contributed by atoms with Gasteiger partial charge >= 0.3 is 0 Å². The van der Waals surface area contributed by atoms with Gasteiger partial charge in [-0.15, -0.1) is 0 Å². The number of carbonyl (C=O) groups is 2. The van der Waals surface area contributed by atoms with Crippen LogP contribution in [0.4, 0.5) is 11.4 Å². The van der Waals surface area contributed by atoms with Gasteiger partial charge in [-0.25, -0.2) is 0 Å². The molecule has 3 atom stereocenters. The number of carbonyl (C=O) groups excluding carboxylic acids is 2. The molecular formula is C27H22Cl2N2O2. The predicted octanol–water partition coefficient (Wildman–Crippen LogP) is 6.94. The maximum atomic E-state index is 13.8. The Morgan fingerprint density at radius 1 is 0.970 bits per heavy atom. The van der Waals surface area contributed by atoms with Crippen LogP contribution in [0.15, 0.2) is 77.8 Å². The topological polar surface area (TPSA) is 49.7 Å². The molecule has 166 valence electrons.